The van der Waals surface area contributed by atoms with Crippen molar-refractivity contribution in [3.63, 3.8) is 0 Å². The number of alkyl halides is 1. The second kappa shape index (κ2) is 4.81. The predicted molar refractivity (Wildman–Crippen MR) is 74.7 cm³/mol. The predicted octanol–water partition coefficient (Wildman–Crippen LogP) is 3.16. The topological polar surface area (TPSA) is 46.2 Å². The fourth-order valence-electron chi connectivity index (χ4n) is 1.42. The lowest BCUT2D eigenvalue weighted by atomic mass is 10.1. The minimum Gasteiger partial charge on any atom is -0.210 e. The van der Waals surface area contributed by atoms with Gasteiger partial charge in [0, 0.05) is 11.9 Å². The zero-order valence-electron chi connectivity index (χ0n) is 9.29. The van der Waals surface area contributed by atoms with Crippen LogP contribution in [0.4, 0.5) is 0 Å². The van der Waals surface area contributed by atoms with E-state index < -0.39 is 10.0 Å². The molecule has 0 spiro atoms. The van der Waals surface area contributed by atoms with E-state index in [2.05, 4.69) is 20.7 Å². The molecule has 1 fully saturated rings. The second-order valence-electron chi connectivity index (χ2n) is 4.48. The number of sulfonamides is 1. The van der Waals surface area contributed by atoms with Gasteiger partial charge in [-0.1, -0.05) is 27.5 Å². The molecule has 0 bridgehead atoms. The first kappa shape index (κ1) is 13.8. The maximum absolute atomic E-state index is 12.0. The standard InChI is InChI=1S/C10H13BrClNO2S2/c1-7-4-8(16-9(7)12)17(14,15)13-6-10(5-11)2-3-10/h4,13H,2-3,5-6H2,1H3. The van der Waals surface area contributed by atoms with Crippen molar-refractivity contribution in [1.82, 2.24) is 4.72 Å². The van der Waals surface area contributed by atoms with E-state index in [-0.39, 0.29) is 5.41 Å². The Balaban J connectivity index is 2.09. The molecular formula is C10H13BrClNO2S2. The molecule has 0 amide bonds. The van der Waals surface area contributed by atoms with E-state index >= 15 is 0 Å². The monoisotopic (exact) mass is 357 g/mol. The molecule has 1 aromatic heterocycles. The van der Waals surface area contributed by atoms with Gasteiger partial charge in [-0.05, 0) is 36.8 Å². The maximum atomic E-state index is 12.0. The Hall–Kier alpha value is 0.380. The lowest BCUT2D eigenvalue weighted by Gasteiger charge is -2.11. The first-order valence-electron chi connectivity index (χ1n) is 5.20. The van der Waals surface area contributed by atoms with Crippen LogP contribution < -0.4 is 4.72 Å². The largest absolute Gasteiger partial charge is 0.250 e. The van der Waals surface area contributed by atoms with Crippen molar-refractivity contribution in [3.05, 3.63) is 16.0 Å². The Kier molecular flexibility index (Phi) is 3.91. The molecule has 0 aliphatic heterocycles. The Bertz CT molecular complexity index is 503. The highest BCUT2D eigenvalue weighted by molar-refractivity contribution is 9.09. The molecular weight excluding hydrogens is 346 g/mol. The molecule has 2 rings (SSSR count). The van der Waals surface area contributed by atoms with Crippen molar-refractivity contribution in [3.8, 4) is 0 Å². The van der Waals surface area contributed by atoms with Crippen LogP contribution in [0.1, 0.15) is 18.4 Å². The van der Waals surface area contributed by atoms with Gasteiger partial charge in [0.25, 0.3) is 0 Å². The highest BCUT2D eigenvalue weighted by Crippen LogP contribution is 2.46. The van der Waals surface area contributed by atoms with Crippen molar-refractivity contribution in [2.24, 2.45) is 5.41 Å². The molecule has 3 nitrogen and oxygen atoms in total. The third kappa shape index (κ3) is 3.04. The summed E-state index contributed by atoms with van der Waals surface area (Å²) >= 11 is 10.4. The molecule has 17 heavy (non-hydrogen) atoms. The fraction of sp³-hybridized carbons (Fsp3) is 0.600. The van der Waals surface area contributed by atoms with Crippen molar-refractivity contribution in [2.75, 3.05) is 11.9 Å². The summed E-state index contributed by atoms with van der Waals surface area (Å²) in [5.74, 6) is 0. The van der Waals surface area contributed by atoms with E-state index in [4.69, 9.17) is 11.6 Å². The third-order valence-electron chi connectivity index (χ3n) is 2.98. The summed E-state index contributed by atoms with van der Waals surface area (Å²) < 4.78 is 27.5. The van der Waals surface area contributed by atoms with Gasteiger partial charge in [0.2, 0.25) is 10.0 Å². The SMILES string of the molecule is Cc1cc(S(=O)(=O)NCC2(CBr)CC2)sc1Cl. The number of hydrogen-bond donors (Lipinski definition) is 1. The van der Waals surface area contributed by atoms with Crippen LogP contribution in [0.5, 0.6) is 0 Å². The zero-order valence-corrected chi connectivity index (χ0v) is 13.3. The van der Waals surface area contributed by atoms with Gasteiger partial charge in [-0.15, -0.1) is 11.3 Å². The van der Waals surface area contributed by atoms with E-state index in [0.29, 0.717) is 15.1 Å². The summed E-state index contributed by atoms with van der Waals surface area (Å²) in [5, 5.41) is 0.840. The van der Waals surface area contributed by atoms with Gasteiger partial charge in [0.1, 0.15) is 4.21 Å². The molecule has 1 aromatic rings. The number of rotatable bonds is 5. The van der Waals surface area contributed by atoms with E-state index in [1.54, 1.807) is 13.0 Å². The summed E-state index contributed by atoms with van der Waals surface area (Å²) in [6.45, 7) is 2.30. The molecule has 1 aliphatic rings. The van der Waals surface area contributed by atoms with Crippen LogP contribution in [0.2, 0.25) is 4.34 Å². The molecule has 0 saturated heterocycles. The van der Waals surface area contributed by atoms with Gasteiger partial charge in [-0.25, -0.2) is 13.1 Å². The summed E-state index contributed by atoms with van der Waals surface area (Å²) in [6.07, 6.45) is 2.15. The van der Waals surface area contributed by atoms with E-state index in [9.17, 15) is 8.42 Å². The highest BCUT2D eigenvalue weighted by atomic mass is 79.9. The van der Waals surface area contributed by atoms with E-state index in [1.165, 1.54) is 0 Å². The van der Waals surface area contributed by atoms with Crippen molar-refractivity contribution in [2.45, 2.75) is 24.0 Å². The van der Waals surface area contributed by atoms with E-state index in [1.807, 2.05) is 0 Å². The summed E-state index contributed by atoms with van der Waals surface area (Å²) in [4.78, 5) is 0. The van der Waals surface area contributed by atoms with Gasteiger partial charge < -0.3 is 0 Å². The summed E-state index contributed by atoms with van der Waals surface area (Å²) in [6, 6.07) is 1.61. The van der Waals surface area contributed by atoms with Crippen LogP contribution in [0, 0.1) is 12.3 Å². The normalized spacial score (nSPS) is 18.3. The van der Waals surface area contributed by atoms with Crippen LogP contribution in [0.3, 0.4) is 0 Å². The molecule has 1 heterocycles. The third-order valence-corrected chi connectivity index (χ3v) is 7.60. The Morgan fingerprint density at radius 1 is 1.59 bits per heavy atom. The van der Waals surface area contributed by atoms with Gasteiger partial charge in [-0.2, -0.15) is 0 Å². The van der Waals surface area contributed by atoms with Gasteiger partial charge >= 0.3 is 0 Å². The molecule has 96 valence electrons. The molecule has 1 saturated carbocycles. The number of nitrogens with one attached hydrogen (secondary N) is 1. The Morgan fingerprint density at radius 3 is 2.65 bits per heavy atom. The highest BCUT2D eigenvalue weighted by Gasteiger charge is 2.42. The van der Waals surface area contributed by atoms with Gasteiger partial charge in [-0.3, -0.25) is 0 Å². The average Bonchev–Trinajstić information content (AvgIpc) is 2.99. The smallest absolute Gasteiger partial charge is 0.210 e. The van der Waals surface area contributed by atoms with Crippen molar-refractivity contribution in [1.29, 1.82) is 0 Å². The van der Waals surface area contributed by atoms with Crippen molar-refractivity contribution >= 4 is 48.9 Å². The van der Waals surface area contributed by atoms with Crippen LogP contribution >= 0.6 is 38.9 Å². The van der Waals surface area contributed by atoms with Crippen LogP contribution in [-0.2, 0) is 10.0 Å². The molecule has 0 aromatic carbocycles. The maximum Gasteiger partial charge on any atom is 0.250 e. The van der Waals surface area contributed by atoms with Crippen LogP contribution in [-0.4, -0.2) is 20.3 Å². The molecule has 0 atom stereocenters. The minimum absolute atomic E-state index is 0.128. The second-order valence-corrected chi connectivity index (χ2v) is 8.69. The number of thiophene rings is 1. The number of hydrogen-bond acceptors (Lipinski definition) is 3. The zero-order chi connectivity index (χ0) is 12.7. The average molecular weight is 359 g/mol. The summed E-state index contributed by atoms with van der Waals surface area (Å²) in [7, 11) is -3.40. The lowest BCUT2D eigenvalue weighted by Crippen LogP contribution is -2.30. The first-order valence-corrected chi connectivity index (χ1v) is 9.00. The Labute approximate surface area is 119 Å². The lowest BCUT2D eigenvalue weighted by molar-refractivity contribution is 0.539. The molecule has 0 radical (unpaired) electrons. The molecule has 1 aliphatic carbocycles. The fourth-order valence-corrected chi connectivity index (χ4v) is 5.09. The molecule has 0 unspecified atom stereocenters. The van der Waals surface area contributed by atoms with E-state index in [0.717, 1.165) is 35.1 Å². The molecule has 7 heteroatoms. The van der Waals surface area contributed by atoms with Crippen molar-refractivity contribution < 1.29 is 8.42 Å². The Morgan fingerprint density at radius 2 is 2.24 bits per heavy atom. The first-order chi connectivity index (χ1) is 7.88. The number of aryl methyl sites for hydroxylation is 1. The molecule has 1 N–H and O–H groups in total. The van der Waals surface area contributed by atoms with Gasteiger partial charge in [0.05, 0.1) is 4.34 Å². The van der Waals surface area contributed by atoms with Crippen LogP contribution in [0.25, 0.3) is 0 Å². The van der Waals surface area contributed by atoms with Crippen LogP contribution in [0.15, 0.2) is 10.3 Å². The van der Waals surface area contributed by atoms with Gasteiger partial charge in [0.15, 0.2) is 0 Å². The summed E-state index contributed by atoms with van der Waals surface area (Å²) in [5.41, 5.74) is 0.932. The quantitative estimate of drug-likeness (QED) is 0.822. The minimum atomic E-state index is -3.40. The number of halogens is 2.